The van der Waals surface area contributed by atoms with E-state index >= 15 is 0 Å². The van der Waals surface area contributed by atoms with Crippen molar-refractivity contribution in [3.63, 3.8) is 0 Å². The first-order valence-electron chi connectivity index (χ1n) is 6.92. The van der Waals surface area contributed by atoms with Crippen LogP contribution in [0.5, 0.6) is 17.2 Å². The molecule has 108 valence electrons. The zero-order valence-corrected chi connectivity index (χ0v) is 12.2. The maximum atomic E-state index is 9.90. The van der Waals surface area contributed by atoms with Gasteiger partial charge in [0.2, 0.25) is 0 Å². The van der Waals surface area contributed by atoms with E-state index in [-0.39, 0.29) is 0 Å². The lowest BCUT2D eigenvalue weighted by Gasteiger charge is -2.08. The van der Waals surface area contributed by atoms with Crippen molar-refractivity contribution >= 4 is 6.08 Å². The smallest absolute Gasteiger partial charge is 0.161 e. The highest BCUT2D eigenvalue weighted by Crippen LogP contribution is 2.34. The van der Waals surface area contributed by atoms with Gasteiger partial charge in [-0.1, -0.05) is 29.8 Å². The van der Waals surface area contributed by atoms with Gasteiger partial charge in [-0.2, -0.15) is 0 Å². The standard InChI is InChI=1S/C18H18O3/c1-20-17-7-6-12(11-18(17)21-2)8-13-9-14-4-3-5-16(19)15(14)10-13/h3-8,11,19H,9-10H2,1-2H3. The van der Waals surface area contributed by atoms with E-state index in [1.165, 1.54) is 11.1 Å². The maximum absolute atomic E-state index is 9.90. The number of hydrogen-bond acceptors (Lipinski definition) is 3. The second-order valence-corrected chi connectivity index (χ2v) is 5.19. The fraction of sp³-hybridized carbons (Fsp3) is 0.222. The molecule has 0 saturated heterocycles. The summed E-state index contributed by atoms with van der Waals surface area (Å²) in [7, 11) is 3.27. The minimum atomic E-state index is 0.392. The first-order valence-corrected chi connectivity index (χ1v) is 6.92. The van der Waals surface area contributed by atoms with Crippen molar-refractivity contribution in [2.45, 2.75) is 12.8 Å². The Morgan fingerprint density at radius 1 is 1.00 bits per heavy atom. The van der Waals surface area contributed by atoms with Crippen molar-refractivity contribution in [3.8, 4) is 17.2 Å². The molecule has 0 aliphatic heterocycles. The van der Waals surface area contributed by atoms with Crippen LogP contribution < -0.4 is 9.47 Å². The van der Waals surface area contributed by atoms with Gasteiger partial charge in [-0.15, -0.1) is 0 Å². The summed E-state index contributed by atoms with van der Waals surface area (Å²) in [5.41, 5.74) is 4.62. The van der Waals surface area contributed by atoms with Gasteiger partial charge in [0.05, 0.1) is 14.2 Å². The quantitative estimate of drug-likeness (QED) is 0.935. The van der Waals surface area contributed by atoms with E-state index in [4.69, 9.17) is 9.47 Å². The minimum Gasteiger partial charge on any atom is -0.508 e. The van der Waals surface area contributed by atoms with E-state index in [2.05, 4.69) is 12.1 Å². The number of ether oxygens (including phenoxy) is 2. The number of allylic oxidation sites excluding steroid dienone is 1. The van der Waals surface area contributed by atoms with Crippen LogP contribution in [0.25, 0.3) is 6.08 Å². The number of phenols is 1. The monoisotopic (exact) mass is 282 g/mol. The van der Waals surface area contributed by atoms with Gasteiger partial charge in [0.1, 0.15) is 5.75 Å². The predicted molar refractivity (Wildman–Crippen MR) is 83.0 cm³/mol. The number of phenolic OH excluding ortho intramolecular Hbond substituents is 1. The summed E-state index contributed by atoms with van der Waals surface area (Å²) in [4.78, 5) is 0. The van der Waals surface area contributed by atoms with Gasteiger partial charge in [0, 0.05) is 5.56 Å². The minimum absolute atomic E-state index is 0.392. The molecule has 0 fully saturated rings. The molecular formula is C18H18O3. The van der Waals surface area contributed by atoms with Crippen molar-refractivity contribution in [2.24, 2.45) is 0 Å². The zero-order chi connectivity index (χ0) is 14.8. The van der Waals surface area contributed by atoms with Crippen LogP contribution in [0, 0.1) is 0 Å². The van der Waals surface area contributed by atoms with Gasteiger partial charge in [0.15, 0.2) is 11.5 Å². The van der Waals surface area contributed by atoms with E-state index in [1.807, 2.05) is 24.3 Å². The summed E-state index contributed by atoms with van der Waals surface area (Å²) in [6, 6.07) is 11.6. The van der Waals surface area contributed by atoms with Gasteiger partial charge in [-0.05, 0) is 42.2 Å². The van der Waals surface area contributed by atoms with Crippen LogP contribution in [0.1, 0.15) is 16.7 Å². The van der Waals surface area contributed by atoms with Crippen LogP contribution in [0.2, 0.25) is 0 Å². The van der Waals surface area contributed by atoms with E-state index in [1.54, 1.807) is 20.3 Å². The molecule has 3 heteroatoms. The van der Waals surface area contributed by atoms with Gasteiger partial charge >= 0.3 is 0 Å². The predicted octanol–water partition coefficient (Wildman–Crippen LogP) is 3.59. The van der Waals surface area contributed by atoms with Crippen LogP contribution >= 0.6 is 0 Å². The summed E-state index contributed by atoms with van der Waals surface area (Å²) in [6.07, 6.45) is 3.84. The molecule has 0 unspecified atom stereocenters. The fourth-order valence-corrected chi connectivity index (χ4v) is 2.81. The average molecular weight is 282 g/mol. The van der Waals surface area contributed by atoms with E-state index < -0.39 is 0 Å². The summed E-state index contributed by atoms with van der Waals surface area (Å²) in [5, 5.41) is 9.90. The van der Waals surface area contributed by atoms with Crippen molar-refractivity contribution in [1.82, 2.24) is 0 Å². The molecule has 0 atom stereocenters. The Hall–Kier alpha value is -2.42. The highest BCUT2D eigenvalue weighted by molar-refractivity contribution is 5.62. The normalized spacial score (nSPS) is 15.0. The Balaban J connectivity index is 1.89. The van der Waals surface area contributed by atoms with Crippen molar-refractivity contribution < 1.29 is 14.6 Å². The Labute approximate surface area is 124 Å². The average Bonchev–Trinajstić information content (AvgIpc) is 2.91. The highest BCUT2D eigenvalue weighted by Gasteiger charge is 2.18. The molecule has 1 N–H and O–H groups in total. The fourth-order valence-electron chi connectivity index (χ4n) is 2.81. The lowest BCUT2D eigenvalue weighted by molar-refractivity contribution is 0.355. The van der Waals surface area contributed by atoms with Gasteiger partial charge < -0.3 is 14.6 Å². The molecule has 0 spiro atoms. The third-order valence-corrected chi connectivity index (χ3v) is 3.85. The Morgan fingerprint density at radius 2 is 1.81 bits per heavy atom. The Bertz CT molecular complexity index is 702. The summed E-state index contributed by atoms with van der Waals surface area (Å²) in [5.74, 6) is 1.85. The Morgan fingerprint density at radius 3 is 2.52 bits per heavy atom. The Kier molecular flexibility index (Phi) is 3.57. The van der Waals surface area contributed by atoms with Crippen LogP contribution in [-0.2, 0) is 12.8 Å². The highest BCUT2D eigenvalue weighted by atomic mass is 16.5. The van der Waals surface area contributed by atoms with Crippen LogP contribution in [0.4, 0.5) is 0 Å². The number of hydrogen-bond donors (Lipinski definition) is 1. The number of fused-ring (bicyclic) bond motifs is 1. The topological polar surface area (TPSA) is 38.7 Å². The molecular weight excluding hydrogens is 264 g/mol. The van der Waals surface area contributed by atoms with Crippen molar-refractivity contribution in [3.05, 3.63) is 58.7 Å². The molecule has 21 heavy (non-hydrogen) atoms. The molecule has 1 aliphatic carbocycles. The molecule has 0 heterocycles. The molecule has 2 aromatic rings. The second kappa shape index (κ2) is 5.52. The molecule has 3 rings (SSSR count). The lowest BCUT2D eigenvalue weighted by atomic mass is 10.1. The third kappa shape index (κ3) is 2.59. The SMILES string of the molecule is COc1ccc(C=C2Cc3cccc(O)c3C2)cc1OC. The van der Waals surface area contributed by atoms with Gasteiger partial charge in [-0.25, -0.2) is 0 Å². The molecule has 0 amide bonds. The lowest BCUT2D eigenvalue weighted by Crippen LogP contribution is -1.91. The molecule has 0 aromatic heterocycles. The third-order valence-electron chi connectivity index (χ3n) is 3.85. The van der Waals surface area contributed by atoms with Crippen molar-refractivity contribution in [2.75, 3.05) is 14.2 Å². The summed E-state index contributed by atoms with van der Waals surface area (Å²) in [6.45, 7) is 0. The van der Waals surface area contributed by atoms with Gasteiger partial charge in [0.25, 0.3) is 0 Å². The van der Waals surface area contributed by atoms with Crippen LogP contribution in [0.3, 0.4) is 0 Å². The van der Waals surface area contributed by atoms with E-state index in [0.29, 0.717) is 5.75 Å². The van der Waals surface area contributed by atoms with Crippen molar-refractivity contribution in [1.29, 1.82) is 0 Å². The van der Waals surface area contributed by atoms with Crippen LogP contribution in [-0.4, -0.2) is 19.3 Å². The summed E-state index contributed by atoms with van der Waals surface area (Å²) < 4.78 is 10.6. The molecule has 1 aliphatic rings. The maximum Gasteiger partial charge on any atom is 0.161 e. The number of aromatic hydroxyl groups is 1. The molecule has 3 nitrogen and oxygen atoms in total. The van der Waals surface area contributed by atoms with Gasteiger partial charge in [-0.3, -0.25) is 0 Å². The molecule has 0 saturated carbocycles. The summed E-state index contributed by atoms with van der Waals surface area (Å²) >= 11 is 0. The number of benzene rings is 2. The molecule has 0 bridgehead atoms. The number of rotatable bonds is 3. The van der Waals surface area contributed by atoms with E-state index in [0.717, 1.165) is 35.5 Å². The first-order chi connectivity index (χ1) is 10.2. The first kappa shape index (κ1) is 13.6. The molecule has 0 radical (unpaired) electrons. The zero-order valence-electron chi connectivity index (χ0n) is 12.2. The number of methoxy groups -OCH3 is 2. The van der Waals surface area contributed by atoms with Crippen LogP contribution in [0.15, 0.2) is 42.0 Å². The van der Waals surface area contributed by atoms with E-state index in [9.17, 15) is 5.11 Å². The second-order valence-electron chi connectivity index (χ2n) is 5.19. The largest absolute Gasteiger partial charge is 0.508 e. The molecule has 2 aromatic carbocycles.